The molecule has 0 radical (unpaired) electrons. The highest BCUT2D eigenvalue weighted by molar-refractivity contribution is 5.96. The molecule has 1 aromatic carbocycles. The first-order valence-corrected chi connectivity index (χ1v) is 8.19. The molecule has 0 amide bonds. The Hall–Kier alpha value is -1.32. The molecule has 1 aliphatic carbocycles. The number of ketones is 1. The molecule has 0 atom stereocenters. The standard InChI is InChI=1S/C18H23F3O/c1-2-3-4-12-5-7-13(8-6-12)9-17(22)14-10-15(19)18(21)16(20)11-14/h10-13H,2-9H2,1H3. The Balaban J connectivity index is 1.88. The van der Waals surface area contributed by atoms with Crippen molar-refractivity contribution in [2.75, 3.05) is 0 Å². The molecule has 0 bridgehead atoms. The number of Topliss-reactive ketones (excluding diaryl/α,β-unsaturated/α-hetero) is 1. The highest BCUT2D eigenvalue weighted by Gasteiger charge is 2.24. The molecule has 0 saturated heterocycles. The average Bonchev–Trinajstić information content (AvgIpc) is 2.51. The van der Waals surface area contributed by atoms with Crippen LogP contribution in [0.2, 0.25) is 0 Å². The fourth-order valence-corrected chi connectivity index (χ4v) is 3.31. The number of carbonyl (C=O) groups excluding carboxylic acids is 1. The third kappa shape index (κ3) is 4.34. The first-order valence-electron chi connectivity index (χ1n) is 8.19. The van der Waals surface area contributed by atoms with E-state index in [9.17, 15) is 18.0 Å². The first kappa shape index (κ1) is 17.0. The van der Waals surface area contributed by atoms with Crippen molar-refractivity contribution < 1.29 is 18.0 Å². The Morgan fingerprint density at radius 2 is 1.59 bits per heavy atom. The van der Waals surface area contributed by atoms with Crippen LogP contribution >= 0.6 is 0 Å². The van der Waals surface area contributed by atoms with Crippen LogP contribution in [0.15, 0.2) is 12.1 Å². The van der Waals surface area contributed by atoms with E-state index in [0.717, 1.165) is 43.7 Å². The van der Waals surface area contributed by atoms with Crippen molar-refractivity contribution in [2.45, 2.75) is 58.3 Å². The minimum Gasteiger partial charge on any atom is -0.294 e. The summed E-state index contributed by atoms with van der Waals surface area (Å²) in [6.45, 7) is 2.19. The van der Waals surface area contributed by atoms with E-state index in [1.807, 2.05) is 0 Å². The zero-order valence-corrected chi connectivity index (χ0v) is 13.0. The van der Waals surface area contributed by atoms with Crippen molar-refractivity contribution in [3.8, 4) is 0 Å². The zero-order valence-electron chi connectivity index (χ0n) is 13.0. The second-order valence-corrected chi connectivity index (χ2v) is 6.41. The summed E-state index contributed by atoms with van der Waals surface area (Å²) in [6, 6.07) is 1.60. The van der Waals surface area contributed by atoms with Gasteiger partial charge in [-0.05, 0) is 36.8 Å². The number of rotatable bonds is 6. The lowest BCUT2D eigenvalue weighted by Crippen LogP contribution is -2.18. The van der Waals surface area contributed by atoms with Gasteiger partial charge in [0.25, 0.3) is 0 Å². The molecular weight excluding hydrogens is 289 g/mol. The van der Waals surface area contributed by atoms with Gasteiger partial charge in [0.15, 0.2) is 23.2 Å². The zero-order chi connectivity index (χ0) is 16.1. The van der Waals surface area contributed by atoms with Crippen LogP contribution in [0.25, 0.3) is 0 Å². The third-order valence-corrected chi connectivity index (χ3v) is 4.71. The Bertz CT molecular complexity index is 496. The normalized spacial score (nSPS) is 21.8. The van der Waals surface area contributed by atoms with Crippen LogP contribution in [-0.4, -0.2) is 5.78 Å². The highest BCUT2D eigenvalue weighted by Crippen LogP contribution is 2.34. The van der Waals surface area contributed by atoms with Gasteiger partial charge in [0, 0.05) is 12.0 Å². The number of hydrogen-bond donors (Lipinski definition) is 0. The molecule has 1 fully saturated rings. The monoisotopic (exact) mass is 312 g/mol. The molecule has 0 heterocycles. The van der Waals surface area contributed by atoms with Crippen LogP contribution in [0, 0.1) is 29.3 Å². The number of halogens is 3. The van der Waals surface area contributed by atoms with Crippen molar-refractivity contribution in [3.05, 3.63) is 35.1 Å². The predicted molar refractivity (Wildman–Crippen MR) is 80.2 cm³/mol. The Morgan fingerprint density at radius 1 is 1.05 bits per heavy atom. The van der Waals surface area contributed by atoms with Gasteiger partial charge >= 0.3 is 0 Å². The van der Waals surface area contributed by atoms with Crippen LogP contribution in [0.5, 0.6) is 0 Å². The van der Waals surface area contributed by atoms with Crippen molar-refractivity contribution in [3.63, 3.8) is 0 Å². The number of unbranched alkanes of at least 4 members (excludes halogenated alkanes) is 1. The van der Waals surface area contributed by atoms with Gasteiger partial charge in [0.05, 0.1) is 0 Å². The van der Waals surface area contributed by atoms with Crippen molar-refractivity contribution in [2.24, 2.45) is 11.8 Å². The molecule has 1 saturated carbocycles. The molecule has 4 heteroatoms. The van der Waals surface area contributed by atoms with E-state index >= 15 is 0 Å². The largest absolute Gasteiger partial charge is 0.294 e. The van der Waals surface area contributed by atoms with E-state index in [4.69, 9.17) is 0 Å². The summed E-state index contributed by atoms with van der Waals surface area (Å²) >= 11 is 0. The topological polar surface area (TPSA) is 17.1 Å². The molecule has 0 N–H and O–H groups in total. The Kier molecular flexibility index (Phi) is 6.04. The molecular formula is C18H23F3O. The fraction of sp³-hybridized carbons (Fsp3) is 0.611. The molecule has 22 heavy (non-hydrogen) atoms. The van der Waals surface area contributed by atoms with Crippen molar-refractivity contribution >= 4 is 5.78 Å². The molecule has 0 aliphatic heterocycles. The van der Waals surface area contributed by atoms with E-state index in [1.165, 1.54) is 19.3 Å². The van der Waals surface area contributed by atoms with Gasteiger partial charge in [0.1, 0.15) is 0 Å². The van der Waals surface area contributed by atoms with E-state index in [2.05, 4.69) is 6.92 Å². The smallest absolute Gasteiger partial charge is 0.194 e. The molecule has 1 aromatic rings. The maximum absolute atomic E-state index is 13.2. The lowest BCUT2D eigenvalue weighted by atomic mass is 9.77. The summed E-state index contributed by atoms with van der Waals surface area (Å²) in [7, 11) is 0. The van der Waals surface area contributed by atoms with Crippen molar-refractivity contribution in [1.82, 2.24) is 0 Å². The summed E-state index contributed by atoms with van der Waals surface area (Å²) in [6.07, 6.45) is 8.26. The van der Waals surface area contributed by atoms with Crippen molar-refractivity contribution in [1.29, 1.82) is 0 Å². The van der Waals surface area contributed by atoms with Gasteiger partial charge in [-0.1, -0.05) is 39.0 Å². The second-order valence-electron chi connectivity index (χ2n) is 6.41. The molecule has 1 nitrogen and oxygen atoms in total. The Morgan fingerprint density at radius 3 is 2.14 bits per heavy atom. The lowest BCUT2D eigenvalue weighted by molar-refractivity contribution is 0.0940. The average molecular weight is 312 g/mol. The quantitative estimate of drug-likeness (QED) is 0.488. The van der Waals surface area contributed by atoms with E-state index < -0.39 is 17.5 Å². The molecule has 122 valence electrons. The second kappa shape index (κ2) is 7.80. The van der Waals surface area contributed by atoms with Crippen LogP contribution in [0.3, 0.4) is 0 Å². The van der Waals surface area contributed by atoms with Gasteiger partial charge < -0.3 is 0 Å². The number of carbonyl (C=O) groups is 1. The van der Waals surface area contributed by atoms with E-state index in [1.54, 1.807) is 0 Å². The molecule has 0 unspecified atom stereocenters. The highest BCUT2D eigenvalue weighted by atomic mass is 19.2. The maximum Gasteiger partial charge on any atom is 0.194 e. The number of benzene rings is 1. The minimum atomic E-state index is -1.52. The minimum absolute atomic E-state index is 0.0653. The summed E-state index contributed by atoms with van der Waals surface area (Å²) in [4.78, 5) is 12.1. The van der Waals surface area contributed by atoms with Crippen LogP contribution in [0.1, 0.15) is 68.6 Å². The van der Waals surface area contributed by atoms with Crippen LogP contribution in [-0.2, 0) is 0 Å². The van der Waals surface area contributed by atoms with Crippen LogP contribution in [0.4, 0.5) is 13.2 Å². The third-order valence-electron chi connectivity index (χ3n) is 4.71. The first-order chi connectivity index (χ1) is 10.5. The molecule has 0 aromatic heterocycles. The van der Waals surface area contributed by atoms with Gasteiger partial charge in [-0.15, -0.1) is 0 Å². The Labute approximate surface area is 129 Å². The summed E-state index contributed by atoms with van der Waals surface area (Å²) in [5.74, 6) is -3.38. The predicted octanol–water partition coefficient (Wildman–Crippen LogP) is 5.67. The van der Waals surface area contributed by atoms with Gasteiger partial charge in [0.2, 0.25) is 0 Å². The number of hydrogen-bond acceptors (Lipinski definition) is 1. The maximum atomic E-state index is 13.2. The summed E-state index contributed by atoms with van der Waals surface area (Å²) < 4.78 is 39.3. The lowest BCUT2D eigenvalue weighted by Gasteiger charge is -2.28. The summed E-state index contributed by atoms with van der Waals surface area (Å²) in [5, 5.41) is 0. The van der Waals surface area contributed by atoms with Gasteiger partial charge in [-0.25, -0.2) is 13.2 Å². The van der Waals surface area contributed by atoms with Crippen LogP contribution < -0.4 is 0 Å². The van der Waals surface area contributed by atoms with E-state index in [0.29, 0.717) is 6.42 Å². The van der Waals surface area contributed by atoms with E-state index in [-0.39, 0.29) is 17.3 Å². The molecule has 1 aliphatic rings. The fourth-order valence-electron chi connectivity index (χ4n) is 3.31. The van der Waals surface area contributed by atoms with Gasteiger partial charge in [-0.3, -0.25) is 4.79 Å². The SMILES string of the molecule is CCCCC1CCC(CC(=O)c2cc(F)c(F)c(F)c2)CC1. The molecule has 2 rings (SSSR count). The summed E-state index contributed by atoms with van der Waals surface area (Å²) in [5.41, 5.74) is -0.0653. The van der Waals surface area contributed by atoms with Gasteiger partial charge in [-0.2, -0.15) is 0 Å². The molecule has 0 spiro atoms.